The second-order valence-electron chi connectivity index (χ2n) is 5.11. The molecule has 9 heteroatoms. The number of nitrogens with zero attached hydrogens (tertiary/aromatic N) is 1. The highest BCUT2D eigenvalue weighted by Gasteiger charge is 2.34. The molecule has 0 unspecified atom stereocenters. The van der Waals surface area contributed by atoms with E-state index in [0.29, 0.717) is 28.3 Å². The van der Waals surface area contributed by atoms with Gasteiger partial charge in [0.25, 0.3) is 11.1 Å². The highest BCUT2D eigenvalue weighted by Crippen LogP contribution is 2.33. The zero-order valence-electron chi connectivity index (χ0n) is 14.3. The van der Waals surface area contributed by atoms with Gasteiger partial charge in [-0.05, 0) is 58.4 Å². The molecule has 0 N–H and O–H groups in total. The molecule has 26 heavy (non-hydrogen) atoms. The number of benzene rings is 1. The normalized spacial score (nSPS) is 15.7. The van der Waals surface area contributed by atoms with Crippen LogP contribution in [0.5, 0.6) is 5.75 Å². The number of carbonyl (C=O) groups is 3. The summed E-state index contributed by atoms with van der Waals surface area (Å²) in [7, 11) is 1.51. The van der Waals surface area contributed by atoms with Crippen molar-refractivity contribution in [3.05, 3.63) is 33.1 Å². The molecule has 0 bridgehead atoms. The molecule has 1 fully saturated rings. The molecule has 1 saturated heterocycles. The lowest BCUT2D eigenvalue weighted by molar-refractivity contribution is -0.145. The summed E-state index contributed by atoms with van der Waals surface area (Å²) in [6, 6.07) is 5.14. The number of imide groups is 1. The minimum Gasteiger partial charge on any atom is -0.481 e. The summed E-state index contributed by atoms with van der Waals surface area (Å²) < 4.78 is 15.7. The van der Waals surface area contributed by atoms with Crippen LogP contribution in [0.3, 0.4) is 0 Å². The minimum absolute atomic E-state index is 0.190. The maximum atomic E-state index is 12.3. The van der Waals surface area contributed by atoms with Gasteiger partial charge >= 0.3 is 5.97 Å². The van der Waals surface area contributed by atoms with Gasteiger partial charge in [0.05, 0.1) is 29.1 Å². The molecular formula is C17H18BrNO6S. The highest BCUT2D eigenvalue weighted by atomic mass is 79.9. The molecule has 1 aromatic rings. The Morgan fingerprint density at radius 1 is 1.35 bits per heavy atom. The topological polar surface area (TPSA) is 82.1 Å². The second-order valence-corrected chi connectivity index (χ2v) is 6.96. The van der Waals surface area contributed by atoms with Gasteiger partial charge in [-0.25, -0.2) is 4.79 Å². The van der Waals surface area contributed by atoms with Gasteiger partial charge in [0.15, 0.2) is 6.61 Å². The Morgan fingerprint density at radius 2 is 2.12 bits per heavy atom. The van der Waals surface area contributed by atoms with Gasteiger partial charge in [0, 0.05) is 7.11 Å². The van der Waals surface area contributed by atoms with Crippen LogP contribution >= 0.6 is 27.7 Å². The number of ether oxygens (including phenoxy) is 3. The number of thioether (sulfide) groups is 1. The molecule has 0 aromatic heterocycles. The Hall–Kier alpha value is -1.84. The van der Waals surface area contributed by atoms with Crippen molar-refractivity contribution >= 4 is 50.9 Å². The Kier molecular flexibility index (Phi) is 7.67. The molecule has 2 rings (SSSR count). The molecule has 140 valence electrons. The van der Waals surface area contributed by atoms with Crippen LogP contribution < -0.4 is 4.74 Å². The molecule has 7 nitrogen and oxygen atoms in total. The van der Waals surface area contributed by atoms with Crippen LogP contribution in [0.1, 0.15) is 12.5 Å². The van der Waals surface area contributed by atoms with E-state index >= 15 is 0 Å². The monoisotopic (exact) mass is 443 g/mol. The average Bonchev–Trinajstić information content (AvgIpc) is 2.86. The molecule has 2 amide bonds. The van der Waals surface area contributed by atoms with Crippen molar-refractivity contribution in [2.45, 2.75) is 6.92 Å². The molecule has 1 aromatic carbocycles. The summed E-state index contributed by atoms with van der Waals surface area (Å²) in [5.74, 6) is -0.313. The fraction of sp³-hybridized carbons (Fsp3) is 0.353. The van der Waals surface area contributed by atoms with Crippen molar-refractivity contribution in [2.75, 3.05) is 33.5 Å². The van der Waals surface area contributed by atoms with Gasteiger partial charge in [-0.3, -0.25) is 14.5 Å². The van der Waals surface area contributed by atoms with Crippen LogP contribution in [0.2, 0.25) is 0 Å². The van der Waals surface area contributed by atoms with Crippen molar-refractivity contribution in [2.24, 2.45) is 0 Å². The third-order valence-corrected chi connectivity index (χ3v) is 4.82. The Bertz CT molecular complexity index is 736. The van der Waals surface area contributed by atoms with Crippen molar-refractivity contribution in [1.82, 2.24) is 4.90 Å². The van der Waals surface area contributed by atoms with Gasteiger partial charge in [-0.15, -0.1) is 0 Å². The highest BCUT2D eigenvalue weighted by molar-refractivity contribution is 9.10. The first kappa shape index (κ1) is 20.5. The van der Waals surface area contributed by atoms with Crippen molar-refractivity contribution < 1.29 is 28.6 Å². The molecule has 0 atom stereocenters. The average molecular weight is 444 g/mol. The molecular weight excluding hydrogens is 426 g/mol. The van der Waals surface area contributed by atoms with E-state index in [1.807, 2.05) is 0 Å². The number of halogens is 1. The summed E-state index contributed by atoms with van der Waals surface area (Å²) in [5, 5.41) is -0.313. The number of esters is 1. The van der Waals surface area contributed by atoms with E-state index in [-0.39, 0.29) is 24.3 Å². The number of carbonyl (C=O) groups excluding carboxylic acids is 3. The molecule has 0 spiro atoms. The van der Waals surface area contributed by atoms with E-state index < -0.39 is 5.97 Å². The van der Waals surface area contributed by atoms with Gasteiger partial charge in [-0.2, -0.15) is 0 Å². The molecule has 1 aliphatic heterocycles. The summed E-state index contributed by atoms with van der Waals surface area (Å²) in [6.07, 6.45) is 1.64. The van der Waals surface area contributed by atoms with E-state index in [0.717, 1.165) is 22.2 Å². The molecule has 1 aliphatic rings. The largest absolute Gasteiger partial charge is 0.481 e. The van der Waals surface area contributed by atoms with Crippen LogP contribution in [0.15, 0.2) is 27.6 Å². The number of hydrogen-bond donors (Lipinski definition) is 0. The number of rotatable bonds is 8. The predicted octanol–water partition coefficient (Wildman–Crippen LogP) is 3.07. The fourth-order valence-corrected chi connectivity index (χ4v) is 3.47. The van der Waals surface area contributed by atoms with Crippen molar-refractivity contribution in [3.63, 3.8) is 0 Å². The van der Waals surface area contributed by atoms with Crippen LogP contribution in [0.4, 0.5) is 4.79 Å². The van der Waals surface area contributed by atoms with Crippen LogP contribution in [-0.4, -0.2) is 55.5 Å². The molecule has 1 heterocycles. The van der Waals surface area contributed by atoms with Crippen LogP contribution in [-0.2, 0) is 19.1 Å². The van der Waals surface area contributed by atoms with Gasteiger partial charge in [0.2, 0.25) is 0 Å². The lowest BCUT2D eigenvalue weighted by Gasteiger charge is -2.10. The third kappa shape index (κ3) is 5.33. The summed E-state index contributed by atoms with van der Waals surface area (Å²) in [6.45, 7) is 2.34. The summed E-state index contributed by atoms with van der Waals surface area (Å²) in [5.41, 5.74) is 0.720. The standard InChI is InChI=1S/C17H18BrNO6S/c1-3-24-15(20)10-25-13-5-4-11(8-12(13)18)9-14-16(21)19(6-7-23-2)17(22)26-14/h4-5,8-9H,3,6-7,10H2,1-2H3/b14-9+. The number of hydrogen-bond acceptors (Lipinski definition) is 7. The van der Waals surface area contributed by atoms with Gasteiger partial charge in [-0.1, -0.05) is 6.07 Å². The zero-order chi connectivity index (χ0) is 19.1. The quantitative estimate of drug-likeness (QED) is 0.450. The third-order valence-electron chi connectivity index (χ3n) is 3.30. The summed E-state index contributed by atoms with van der Waals surface area (Å²) in [4.78, 5) is 37.0. The van der Waals surface area contributed by atoms with E-state index in [1.54, 1.807) is 31.2 Å². The lowest BCUT2D eigenvalue weighted by atomic mass is 10.2. The Balaban J connectivity index is 2.07. The van der Waals surface area contributed by atoms with E-state index in [4.69, 9.17) is 14.2 Å². The Labute approximate surface area is 163 Å². The van der Waals surface area contributed by atoms with Gasteiger partial charge in [0.1, 0.15) is 5.75 Å². The van der Waals surface area contributed by atoms with Crippen molar-refractivity contribution in [1.29, 1.82) is 0 Å². The minimum atomic E-state index is -0.451. The number of amides is 2. The van der Waals surface area contributed by atoms with E-state index in [9.17, 15) is 14.4 Å². The first-order valence-electron chi connectivity index (χ1n) is 7.78. The molecule has 0 saturated carbocycles. The number of methoxy groups -OCH3 is 1. The van der Waals surface area contributed by atoms with Crippen LogP contribution in [0, 0.1) is 0 Å². The Morgan fingerprint density at radius 3 is 2.77 bits per heavy atom. The van der Waals surface area contributed by atoms with E-state index in [2.05, 4.69) is 15.9 Å². The molecule has 0 radical (unpaired) electrons. The first-order chi connectivity index (χ1) is 12.5. The summed E-state index contributed by atoms with van der Waals surface area (Å²) >= 11 is 4.26. The van der Waals surface area contributed by atoms with E-state index in [1.165, 1.54) is 7.11 Å². The first-order valence-corrected chi connectivity index (χ1v) is 9.39. The zero-order valence-corrected chi connectivity index (χ0v) is 16.7. The fourth-order valence-electron chi connectivity index (χ4n) is 2.09. The molecule has 0 aliphatic carbocycles. The van der Waals surface area contributed by atoms with Gasteiger partial charge < -0.3 is 14.2 Å². The maximum Gasteiger partial charge on any atom is 0.344 e. The second kappa shape index (κ2) is 9.75. The lowest BCUT2D eigenvalue weighted by Crippen LogP contribution is -2.31. The maximum absolute atomic E-state index is 12.3. The van der Waals surface area contributed by atoms with Crippen molar-refractivity contribution in [3.8, 4) is 5.75 Å². The smallest absolute Gasteiger partial charge is 0.344 e. The van der Waals surface area contributed by atoms with Crippen LogP contribution in [0.25, 0.3) is 6.08 Å². The predicted molar refractivity (Wildman–Crippen MR) is 101 cm³/mol. The SMILES string of the molecule is CCOC(=O)COc1ccc(/C=C2/SC(=O)N(CCOC)C2=O)cc1Br.